The van der Waals surface area contributed by atoms with E-state index >= 15 is 0 Å². The number of hydrogen-bond donors (Lipinski definition) is 1. The van der Waals surface area contributed by atoms with Crippen LogP contribution in [0.5, 0.6) is 0 Å². The van der Waals surface area contributed by atoms with Crippen molar-refractivity contribution in [3.05, 3.63) is 78.1 Å². The van der Waals surface area contributed by atoms with Gasteiger partial charge in [-0.25, -0.2) is 4.39 Å². The van der Waals surface area contributed by atoms with Gasteiger partial charge in [0.05, 0.1) is 12.0 Å². The highest BCUT2D eigenvalue weighted by atomic mass is 19.1. The average molecular weight is 267 g/mol. The summed E-state index contributed by atoms with van der Waals surface area (Å²) in [7, 11) is 0. The fourth-order valence-electron chi connectivity index (χ4n) is 2.49. The van der Waals surface area contributed by atoms with Gasteiger partial charge in [0.1, 0.15) is 5.82 Å². The van der Waals surface area contributed by atoms with Crippen LogP contribution in [0.3, 0.4) is 0 Å². The lowest BCUT2D eigenvalue weighted by Crippen LogP contribution is -2.25. The largest absolute Gasteiger partial charge is 0.378 e. The number of carbonyl (C=O) groups is 1. The van der Waals surface area contributed by atoms with E-state index in [2.05, 4.69) is 5.32 Å². The second-order valence-corrected chi connectivity index (χ2v) is 4.83. The van der Waals surface area contributed by atoms with Gasteiger partial charge in [-0.2, -0.15) is 0 Å². The predicted octanol–water partition coefficient (Wildman–Crippen LogP) is 3.53. The van der Waals surface area contributed by atoms with E-state index in [0.717, 1.165) is 11.3 Å². The van der Waals surface area contributed by atoms with Crippen LogP contribution in [0, 0.1) is 5.82 Å². The molecule has 100 valence electrons. The highest BCUT2D eigenvalue weighted by molar-refractivity contribution is 5.99. The Morgan fingerprint density at radius 2 is 1.65 bits per heavy atom. The van der Waals surface area contributed by atoms with Gasteiger partial charge in [0.15, 0.2) is 5.78 Å². The molecule has 0 saturated heterocycles. The van der Waals surface area contributed by atoms with Gasteiger partial charge in [0.25, 0.3) is 0 Å². The Balaban J connectivity index is 1.83. The first-order valence-electron chi connectivity index (χ1n) is 6.53. The van der Waals surface area contributed by atoms with Crippen molar-refractivity contribution in [2.75, 3.05) is 5.32 Å². The van der Waals surface area contributed by atoms with Gasteiger partial charge < -0.3 is 5.32 Å². The summed E-state index contributed by atoms with van der Waals surface area (Å²) in [5, 5.41) is 3.27. The SMILES string of the molecule is O=C1C=CC(Nc2ccc(F)cc2)C1c1ccccc1. The lowest BCUT2D eigenvalue weighted by atomic mass is 9.92. The monoisotopic (exact) mass is 267 g/mol. The maximum absolute atomic E-state index is 12.9. The van der Waals surface area contributed by atoms with Gasteiger partial charge in [0.2, 0.25) is 0 Å². The highest BCUT2D eigenvalue weighted by Crippen LogP contribution is 2.29. The third-order valence-electron chi connectivity index (χ3n) is 3.47. The van der Waals surface area contributed by atoms with Crippen molar-refractivity contribution in [2.45, 2.75) is 12.0 Å². The van der Waals surface area contributed by atoms with Crippen LogP contribution in [0.1, 0.15) is 11.5 Å². The highest BCUT2D eigenvalue weighted by Gasteiger charge is 2.31. The van der Waals surface area contributed by atoms with Crippen LogP contribution in [0.2, 0.25) is 0 Å². The number of anilines is 1. The Morgan fingerprint density at radius 1 is 0.950 bits per heavy atom. The van der Waals surface area contributed by atoms with Gasteiger partial charge in [0, 0.05) is 5.69 Å². The van der Waals surface area contributed by atoms with Crippen LogP contribution in [-0.2, 0) is 4.79 Å². The molecule has 0 aromatic heterocycles. The van der Waals surface area contributed by atoms with E-state index in [1.54, 1.807) is 18.2 Å². The standard InChI is InChI=1S/C17H14FNO/c18-13-6-8-14(9-7-13)19-15-10-11-16(20)17(15)12-4-2-1-3-5-12/h1-11,15,17,19H. The summed E-state index contributed by atoms with van der Waals surface area (Å²) in [4.78, 5) is 12.0. The number of rotatable bonds is 3. The van der Waals surface area contributed by atoms with Crippen LogP contribution < -0.4 is 5.32 Å². The van der Waals surface area contributed by atoms with E-state index in [1.165, 1.54) is 12.1 Å². The summed E-state index contributed by atoms with van der Waals surface area (Å²) >= 11 is 0. The molecule has 2 aromatic rings. The molecule has 1 aliphatic carbocycles. The lowest BCUT2D eigenvalue weighted by Gasteiger charge is -2.21. The number of ketones is 1. The first-order chi connectivity index (χ1) is 9.74. The Bertz CT molecular complexity index is 634. The zero-order valence-corrected chi connectivity index (χ0v) is 10.8. The summed E-state index contributed by atoms with van der Waals surface area (Å²) in [5.74, 6) is -0.398. The molecule has 0 bridgehead atoms. The van der Waals surface area contributed by atoms with Gasteiger partial charge >= 0.3 is 0 Å². The Labute approximate surface area is 116 Å². The summed E-state index contributed by atoms with van der Waals surface area (Å²) in [6, 6.07) is 15.7. The molecule has 0 amide bonds. The fourth-order valence-corrected chi connectivity index (χ4v) is 2.49. The zero-order valence-electron chi connectivity index (χ0n) is 10.8. The number of carbonyl (C=O) groups excluding carboxylic acids is 1. The molecule has 0 spiro atoms. The molecule has 20 heavy (non-hydrogen) atoms. The van der Waals surface area contributed by atoms with Crippen molar-refractivity contribution in [3.8, 4) is 0 Å². The summed E-state index contributed by atoms with van der Waals surface area (Å²) < 4.78 is 12.9. The molecule has 0 saturated carbocycles. The quantitative estimate of drug-likeness (QED) is 0.921. The lowest BCUT2D eigenvalue weighted by molar-refractivity contribution is -0.115. The van der Waals surface area contributed by atoms with Crippen molar-refractivity contribution in [1.82, 2.24) is 0 Å². The first-order valence-corrected chi connectivity index (χ1v) is 6.53. The minimum atomic E-state index is -0.270. The third-order valence-corrected chi connectivity index (χ3v) is 3.47. The topological polar surface area (TPSA) is 29.1 Å². The van der Waals surface area contributed by atoms with Crippen molar-refractivity contribution < 1.29 is 9.18 Å². The fraction of sp³-hybridized carbons (Fsp3) is 0.118. The molecule has 0 heterocycles. The minimum absolute atomic E-state index is 0.0933. The van der Waals surface area contributed by atoms with Crippen molar-refractivity contribution in [1.29, 1.82) is 0 Å². The summed E-state index contributed by atoms with van der Waals surface area (Å²) in [5.41, 5.74) is 1.79. The van der Waals surface area contributed by atoms with Crippen LogP contribution in [-0.4, -0.2) is 11.8 Å². The van der Waals surface area contributed by atoms with E-state index in [1.807, 2.05) is 36.4 Å². The number of hydrogen-bond acceptors (Lipinski definition) is 2. The molecule has 3 heteroatoms. The number of allylic oxidation sites excluding steroid dienone is 1. The number of halogens is 1. The number of benzene rings is 2. The minimum Gasteiger partial charge on any atom is -0.378 e. The van der Waals surface area contributed by atoms with Gasteiger partial charge in [-0.05, 0) is 35.9 Å². The molecular formula is C17H14FNO. The van der Waals surface area contributed by atoms with Crippen LogP contribution in [0.25, 0.3) is 0 Å². The molecule has 1 N–H and O–H groups in total. The van der Waals surface area contributed by atoms with E-state index < -0.39 is 0 Å². The van der Waals surface area contributed by atoms with Gasteiger partial charge in [-0.1, -0.05) is 36.4 Å². The van der Waals surface area contributed by atoms with E-state index in [9.17, 15) is 9.18 Å². The molecule has 2 aromatic carbocycles. The third kappa shape index (κ3) is 2.48. The smallest absolute Gasteiger partial charge is 0.165 e. The van der Waals surface area contributed by atoms with Crippen molar-refractivity contribution in [2.24, 2.45) is 0 Å². The molecule has 2 atom stereocenters. The normalized spacial score (nSPS) is 21.1. The molecule has 3 rings (SSSR count). The van der Waals surface area contributed by atoms with E-state index in [0.29, 0.717) is 0 Å². The summed E-state index contributed by atoms with van der Waals surface area (Å²) in [6.07, 6.45) is 3.47. The van der Waals surface area contributed by atoms with Gasteiger partial charge in [-0.3, -0.25) is 4.79 Å². The molecule has 1 aliphatic rings. The number of nitrogens with one attached hydrogen (secondary N) is 1. The maximum atomic E-state index is 12.9. The molecule has 2 nitrogen and oxygen atoms in total. The average Bonchev–Trinajstić information content (AvgIpc) is 2.83. The van der Waals surface area contributed by atoms with Crippen LogP contribution >= 0.6 is 0 Å². The second-order valence-electron chi connectivity index (χ2n) is 4.83. The van der Waals surface area contributed by atoms with Crippen molar-refractivity contribution in [3.63, 3.8) is 0 Å². The van der Waals surface area contributed by atoms with Crippen molar-refractivity contribution >= 4 is 11.5 Å². The van der Waals surface area contributed by atoms with E-state index in [-0.39, 0.29) is 23.6 Å². The zero-order chi connectivity index (χ0) is 13.9. The molecule has 0 radical (unpaired) electrons. The Hall–Kier alpha value is -2.42. The molecule has 0 aliphatic heterocycles. The summed E-state index contributed by atoms with van der Waals surface area (Å²) in [6.45, 7) is 0. The molecular weight excluding hydrogens is 253 g/mol. The first kappa shape index (κ1) is 12.6. The van der Waals surface area contributed by atoms with E-state index in [4.69, 9.17) is 0 Å². The van der Waals surface area contributed by atoms with Gasteiger partial charge in [-0.15, -0.1) is 0 Å². The van der Waals surface area contributed by atoms with Crippen LogP contribution in [0.15, 0.2) is 66.7 Å². The Kier molecular flexibility index (Phi) is 3.33. The maximum Gasteiger partial charge on any atom is 0.165 e. The molecule has 2 unspecified atom stereocenters. The molecule has 0 fully saturated rings. The predicted molar refractivity (Wildman–Crippen MR) is 77.1 cm³/mol. The Morgan fingerprint density at radius 3 is 2.35 bits per heavy atom. The second kappa shape index (κ2) is 5.29. The van der Waals surface area contributed by atoms with Crippen LogP contribution in [0.4, 0.5) is 10.1 Å².